The van der Waals surface area contributed by atoms with Crippen molar-refractivity contribution in [1.82, 2.24) is 15.1 Å². The Balaban J connectivity index is 1.59. The van der Waals surface area contributed by atoms with Crippen molar-refractivity contribution in [2.45, 2.75) is 39.5 Å². The van der Waals surface area contributed by atoms with E-state index in [-0.39, 0.29) is 11.8 Å². The minimum absolute atomic E-state index is 0.0695. The molecule has 0 radical (unpaired) electrons. The first-order chi connectivity index (χ1) is 14.1. The number of ether oxygens (including phenoxy) is 1. The van der Waals surface area contributed by atoms with Crippen LogP contribution >= 0.6 is 0 Å². The first-order valence-corrected chi connectivity index (χ1v) is 10.4. The molecule has 0 bridgehead atoms. The lowest BCUT2D eigenvalue weighted by Crippen LogP contribution is -2.28. The molecule has 0 aliphatic heterocycles. The Kier molecular flexibility index (Phi) is 7.46. The topological polar surface area (TPSA) is 92.5 Å². The zero-order valence-electron chi connectivity index (χ0n) is 17.5. The summed E-state index contributed by atoms with van der Waals surface area (Å²) in [4.78, 5) is 14.5. The maximum atomic E-state index is 12.2. The average molecular weight is 402 g/mol. The summed E-state index contributed by atoms with van der Waals surface area (Å²) < 4.78 is 11.2. The van der Waals surface area contributed by atoms with Gasteiger partial charge in [0.2, 0.25) is 5.91 Å². The van der Waals surface area contributed by atoms with Gasteiger partial charge in [-0.05, 0) is 51.0 Å². The van der Waals surface area contributed by atoms with Gasteiger partial charge in [-0.1, -0.05) is 25.4 Å². The normalized spacial score (nSPS) is 13.9. The molecule has 1 aromatic heterocycles. The van der Waals surface area contributed by atoms with E-state index in [1.807, 2.05) is 12.1 Å². The first kappa shape index (κ1) is 21.1. The zero-order chi connectivity index (χ0) is 20.6. The first-order valence-electron chi connectivity index (χ1n) is 10.4. The lowest BCUT2D eigenvalue weighted by molar-refractivity contribution is -0.122. The number of rotatable bonds is 11. The highest BCUT2D eigenvalue weighted by molar-refractivity contribution is 5.93. The molecule has 1 saturated carbocycles. The summed E-state index contributed by atoms with van der Waals surface area (Å²) >= 11 is 0. The molecule has 3 rings (SSSR count). The van der Waals surface area contributed by atoms with E-state index in [0.717, 1.165) is 51.9 Å². The second-order valence-electron chi connectivity index (χ2n) is 7.25. The molecule has 1 aliphatic rings. The Morgan fingerprint density at radius 1 is 1.28 bits per heavy atom. The van der Waals surface area contributed by atoms with Crippen molar-refractivity contribution in [2.24, 2.45) is 5.92 Å². The van der Waals surface area contributed by atoms with Gasteiger partial charge < -0.3 is 24.7 Å². The quantitative estimate of drug-likeness (QED) is 0.556. The number of methoxy groups -OCH3 is 1. The number of carbonyl (C=O) groups excluding carboxylic acids is 1. The van der Waals surface area contributed by atoms with E-state index in [1.54, 1.807) is 13.2 Å². The van der Waals surface area contributed by atoms with Gasteiger partial charge >= 0.3 is 6.01 Å². The summed E-state index contributed by atoms with van der Waals surface area (Å²) in [6, 6.07) is 5.83. The fraction of sp³-hybridized carbons (Fsp3) is 0.571. The van der Waals surface area contributed by atoms with Crippen molar-refractivity contribution >= 4 is 17.6 Å². The highest BCUT2D eigenvalue weighted by atomic mass is 16.5. The molecule has 2 aromatic rings. The van der Waals surface area contributed by atoms with Crippen molar-refractivity contribution in [1.29, 1.82) is 0 Å². The van der Waals surface area contributed by atoms with Gasteiger partial charge in [-0.25, -0.2) is 0 Å². The van der Waals surface area contributed by atoms with Crippen LogP contribution in [-0.4, -0.2) is 54.3 Å². The van der Waals surface area contributed by atoms with Gasteiger partial charge in [-0.15, -0.1) is 5.10 Å². The van der Waals surface area contributed by atoms with Crippen molar-refractivity contribution in [2.75, 3.05) is 43.9 Å². The van der Waals surface area contributed by atoms with Gasteiger partial charge in [0.1, 0.15) is 5.75 Å². The molecule has 2 N–H and O–H groups in total. The molecule has 0 unspecified atom stereocenters. The Labute approximate surface area is 172 Å². The van der Waals surface area contributed by atoms with E-state index < -0.39 is 0 Å². The second-order valence-corrected chi connectivity index (χ2v) is 7.25. The van der Waals surface area contributed by atoms with E-state index in [2.05, 4.69) is 39.6 Å². The standard InChI is InChI=1S/C21H31N5O3/c1-4-26(5-2)13-7-12-22-21-25-24-20(29-21)17-11-10-16(14-18(17)28-3)23-19(27)15-8-6-9-15/h10-11,14-15H,4-9,12-13H2,1-3H3,(H,22,25)(H,23,27). The van der Waals surface area contributed by atoms with Crippen LogP contribution < -0.4 is 15.4 Å². The third-order valence-corrected chi connectivity index (χ3v) is 5.42. The SMILES string of the molecule is CCN(CC)CCCNc1nnc(-c2ccc(NC(=O)C3CCC3)cc2OC)o1. The number of nitrogens with one attached hydrogen (secondary N) is 2. The van der Waals surface area contributed by atoms with Crippen molar-refractivity contribution < 1.29 is 13.9 Å². The van der Waals surface area contributed by atoms with E-state index in [1.165, 1.54) is 0 Å². The van der Waals surface area contributed by atoms with Gasteiger partial charge in [-0.3, -0.25) is 4.79 Å². The average Bonchev–Trinajstić information content (AvgIpc) is 3.15. The number of benzene rings is 1. The van der Waals surface area contributed by atoms with Crippen LogP contribution in [0.4, 0.5) is 11.7 Å². The molecule has 0 saturated heterocycles. The summed E-state index contributed by atoms with van der Waals surface area (Å²) in [5.74, 6) is 1.16. The number of hydrogen-bond donors (Lipinski definition) is 2. The smallest absolute Gasteiger partial charge is 0.315 e. The number of hydrogen-bond acceptors (Lipinski definition) is 7. The molecule has 0 spiro atoms. The van der Waals surface area contributed by atoms with E-state index >= 15 is 0 Å². The molecule has 29 heavy (non-hydrogen) atoms. The van der Waals surface area contributed by atoms with Crippen molar-refractivity contribution in [3.8, 4) is 17.2 Å². The van der Waals surface area contributed by atoms with Crippen molar-refractivity contribution in [3.63, 3.8) is 0 Å². The Bertz CT molecular complexity index is 799. The molecule has 1 fully saturated rings. The van der Waals surface area contributed by atoms with Crippen molar-refractivity contribution in [3.05, 3.63) is 18.2 Å². The Hall–Kier alpha value is -2.61. The summed E-state index contributed by atoms with van der Waals surface area (Å²) in [6.45, 7) is 8.23. The van der Waals surface area contributed by atoms with Gasteiger partial charge in [0.15, 0.2) is 0 Å². The molecule has 158 valence electrons. The Morgan fingerprint density at radius 3 is 2.72 bits per heavy atom. The van der Waals surface area contributed by atoms with E-state index in [4.69, 9.17) is 9.15 Å². The van der Waals surface area contributed by atoms with Crippen LogP contribution in [0.1, 0.15) is 39.5 Å². The molecular weight excluding hydrogens is 370 g/mol. The minimum atomic E-state index is 0.0695. The van der Waals surface area contributed by atoms with Gasteiger partial charge in [-0.2, -0.15) is 0 Å². The maximum Gasteiger partial charge on any atom is 0.315 e. The van der Waals surface area contributed by atoms with Crippen LogP contribution in [0.25, 0.3) is 11.5 Å². The van der Waals surface area contributed by atoms with E-state index in [0.29, 0.717) is 28.9 Å². The predicted molar refractivity (Wildman–Crippen MR) is 113 cm³/mol. The second kappa shape index (κ2) is 10.2. The molecule has 1 aromatic carbocycles. The number of amides is 1. The summed E-state index contributed by atoms with van der Waals surface area (Å²) in [6.07, 6.45) is 4.06. The minimum Gasteiger partial charge on any atom is -0.496 e. The molecule has 0 atom stereocenters. The molecule has 1 amide bonds. The maximum absolute atomic E-state index is 12.2. The molecule has 8 heteroatoms. The number of anilines is 2. The Morgan fingerprint density at radius 2 is 2.07 bits per heavy atom. The van der Waals surface area contributed by atoms with Crippen LogP contribution in [0, 0.1) is 5.92 Å². The van der Waals surface area contributed by atoms with Crippen LogP contribution in [0.5, 0.6) is 5.75 Å². The number of carbonyl (C=O) groups is 1. The summed E-state index contributed by atoms with van der Waals surface area (Å²) in [5, 5.41) is 14.3. The number of nitrogens with zero attached hydrogens (tertiary/aromatic N) is 3. The molecule has 8 nitrogen and oxygen atoms in total. The third-order valence-electron chi connectivity index (χ3n) is 5.42. The zero-order valence-corrected chi connectivity index (χ0v) is 17.5. The summed E-state index contributed by atoms with van der Waals surface area (Å²) in [5.41, 5.74) is 1.40. The fourth-order valence-electron chi connectivity index (χ4n) is 3.30. The lowest BCUT2D eigenvalue weighted by Gasteiger charge is -2.24. The van der Waals surface area contributed by atoms with Gasteiger partial charge in [0.05, 0.1) is 12.7 Å². The monoisotopic (exact) mass is 401 g/mol. The van der Waals surface area contributed by atoms with Crippen LogP contribution in [0.3, 0.4) is 0 Å². The largest absolute Gasteiger partial charge is 0.496 e. The van der Waals surface area contributed by atoms with Crippen LogP contribution in [0.2, 0.25) is 0 Å². The van der Waals surface area contributed by atoms with Gasteiger partial charge in [0, 0.05) is 24.2 Å². The van der Waals surface area contributed by atoms with Crippen LogP contribution in [0.15, 0.2) is 22.6 Å². The van der Waals surface area contributed by atoms with E-state index in [9.17, 15) is 4.79 Å². The predicted octanol–water partition coefficient (Wildman–Crippen LogP) is 3.63. The fourth-order valence-corrected chi connectivity index (χ4v) is 3.30. The van der Waals surface area contributed by atoms with Crippen LogP contribution in [-0.2, 0) is 4.79 Å². The molecule has 1 aliphatic carbocycles. The molecular formula is C21H31N5O3. The highest BCUT2D eigenvalue weighted by Crippen LogP contribution is 2.33. The third kappa shape index (κ3) is 5.47. The van der Waals surface area contributed by atoms with Gasteiger partial charge in [0.25, 0.3) is 5.89 Å². The highest BCUT2D eigenvalue weighted by Gasteiger charge is 2.25. The lowest BCUT2D eigenvalue weighted by atomic mass is 9.85. The number of aromatic nitrogens is 2. The summed E-state index contributed by atoms with van der Waals surface area (Å²) in [7, 11) is 1.58. The molecule has 1 heterocycles.